The highest BCUT2D eigenvalue weighted by Crippen LogP contribution is 2.22. The number of hydrogen-bond donors (Lipinski definition) is 1. The summed E-state index contributed by atoms with van der Waals surface area (Å²) in [5, 5.41) is 2.95. The van der Waals surface area contributed by atoms with Crippen LogP contribution >= 0.6 is 0 Å². The van der Waals surface area contributed by atoms with E-state index in [1.54, 1.807) is 7.11 Å². The molecule has 0 saturated heterocycles. The van der Waals surface area contributed by atoms with Crippen LogP contribution in [0.2, 0.25) is 0 Å². The van der Waals surface area contributed by atoms with Crippen LogP contribution in [-0.4, -0.2) is 49.8 Å². The maximum absolute atomic E-state index is 12.6. The van der Waals surface area contributed by atoms with Gasteiger partial charge in [-0.15, -0.1) is 0 Å². The first-order valence-corrected chi connectivity index (χ1v) is 9.80. The second-order valence-corrected chi connectivity index (χ2v) is 6.75. The average Bonchev–Trinajstić information content (AvgIpc) is 2.66. The number of anilines is 1. The zero-order valence-electron chi connectivity index (χ0n) is 17.1. The third-order valence-electron chi connectivity index (χ3n) is 4.87. The monoisotopic (exact) mass is 364 g/mol. The van der Waals surface area contributed by atoms with Crippen molar-refractivity contribution in [2.75, 3.05) is 38.7 Å². The van der Waals surface area contributed by atoms with Gasteiger partial charge in [0.1, 0.15) is 18.0 Å². The van der Waals surface area contributed by atoms with E-state index in [2.05, 4.69) is 31.0 Å². The van der Waals surface area contributed by atoms with E-state index in [0.717, 1.165) is 56.8 Å². The molecule has 1 N–H and O–H groups in total. The van der Waals surface area contributed by atoms with Gasteiger partial charge in [0.2, 0.25) is 0 Å². The lowest BCUT2D eigenvalue weighted by molar-refractivity contribution is -0.136. The average molecular weight is 365 g/mol. The molecule has 1 amide bonds. The lowest BCUT2D eigenvalue weighted by atomic mass is 9.97. The van der Waals surface area contributed by atoms with Gasteiger partial charge in [0.05, 0.1) is 0 Å². The maximum atomic E-state index is 12.6. The summed E-state index contributed by atoms with van der Waals surface area (Å²) in [4.78, 5) is 14.9. The third-order valence-corrected chi connectivity index (χ3v) is 4.87. The third kappa shape index (κ3) is 7.34. The molecular weight excluding hydrogens is 328 g/mol. The molecule has 0 bridgehead atoms. The van der Waals surface area contributed by atoms with E-state index < -0.39 is 5.60 Å². The Morgan fingerprint density at radius 1 is 1.12 bits per heavy atom. The first kappa shape index (κ1) is 22.5. The van der Waals surface area contributed by atoms with Crippen molar-refractivity contribution in [3.8, 4) is 5.75 Å². The van der Waals surface area contributed by atoms with Crippen molar-refractivity contribution < 1.29 is 14.3 Å². The zero-order chi connectivity index (χ0) is 19.4. The molecule has 0 unspecified atom stereocenters. The molecule has 0 aliphatic carbocycles. The van der Waals surface area contributed by atoms with Gasteiger partial charge in [0.25, 0.3) is 5.91 Å². The molecule has 0 saturated carbocycles. The van der Waals surface area contributed by atoms with Gasteiger partial charge in [0.15, 0.2) is 0 Å². The number of hydrogen-bond acceptors (Lipinski definition) is 4. The lowest BCUT2D eigenvalue weighted by Gasteiger charge is -2.27. The van der Waals surface area contributed by atoms with Gasteiger partial charge in [-0.05, 0) is 50.7 Å². The number of likely N-dealkylation sites (N-methyl/N-ethyl adjacent to an activating group) is 1. The summed E-state index contributed by atoms with van der Waals surface area (Å²) < 4.78 is 11.3. The largest absolute Gasteiger partial charge is 0.492 e. The quantitative estimate of drug-likeness (QED) is 0.529. The Labute approximate surface area is 159 Å². The molecule has 0 aromatic heterocycles. The summed E-state index contributed by atoms with van der Waals surface area (Å²) in [6.45, 7) is 11.9. The molecule has 1 aromatic carbocycles. The van der Waals surface area contributed by atoms with Crippen molar-refractivity contribution in [2.24, 2.45) is 0 Å². The van der Waals surface area contributed by atoms with Crippen molar-refractivity contribution in [1.29, 1.82) is 0 Å². The van der Waals surface area contributed by atoms with Gasteiger partial charge in [-0.25, -0.2) is 0 Å². The molecule has 0 aliphatic rings. The summed E-state index contributed by atoms with van der Waals surface area (Å²) in [7, 11) is 1.60. The lowest BCUT2D eigenvalue weighted by Crippen LogP contribution is -2.41. The Bertz CT molecular complexity index is 514. The first-order chi connectivity index (χ1) is 12.5. The minimum absolute atomic E-state index is 0.105. The Hall–Kier alpha value is -1.59. The fourth-order valence-electron chi connectivity index (χ4n) is 2.75. The van der Waals surface area contributed by atoms with Crippen LogP contribution in [0.4, 0.5) is 5.69 Å². The van der Waals surface area contributed by atoms with Crippen molar-refractivity contribution in [1.82, 2.24) is 4.90 Å². The first-order valence-electron chi connectivity index (χ1n) is 9.80. The Morgan fingerprint density at radius 2 is 1.77 bits per heavy atom. The van der Waals surface area contributed by atoms with Gasteiger partial charge in [-0.3, -0.25) is 4.79 Å². The van der Waals surface area contributed by atoms with Crippen LogP contribution < -0.4 is 10.1 Å². The van der Waals surface area contributed by atoms with Crippen molar-refractivity contribution >= 4 is 11.6 Å². The van der Waals surface area contributed by atoms with E-state index in [0.29, 0.717) is 6.61 Å². The summed E-state index contributed by atoms with van der Waals surface area (Å²) in [6.07, 6.45) is 3.92. The van der Waals surface area contributed by atoms with Crippen molar-refractivity contribution in [2.45, 2.75) is 59.0 Å². The highest BCUT2D eigenvalue weighted by molar-refractivity contribution is 5.97. The number of benzene rings is 1. The van der Waals surface area contributed by atoms with E-state index in [9.17, 15) is 4.79 Å². The zero-order valence-corrected chi connectivity index (χ0v) is 17.1. The van der Waals surface area contributed by atoms with Gasteiger partial charge >= 0.3 is 0 Å². The summed E-state index contributed by atoms with van der Waals surface area (Å²) in [6, 6.07) is 7.51. The maximum Gasteiger partial charge on any atom is 0.256 e. The van der Waals surface area contributed by atoms with Crippen LogP contribution in [0.5, 0.6) is 5.75 Å². The molecule has 0 heterocycles. The van der Waals surface area contributed by atoms with Crippen LogP contribution in [0.1, 0.15) is 53.4 Å². The highest BCUT2D eigenvalue weighted by Gasteiger charge is 2.32. The molecular formula is C21H36N2O3. The van der Waals surface area contributed by atoms with Crippen LogP contribution in [0.25, 0.3) is 0 Å². The number of carbonyl (C=O) groups excluding carboxylic acids is 1. The number of unbranched alkanes of at least 4 members (excludes halogenated alkanes) is 2. The molecule has 5 heteroatoms. The normalized spacial score (nSPS) is 13.5. The van der Waals surface area contributed by atoms with E-state index in [1.165, 1.54) is 0 Å². The standard InChI is InChI=1S/C21H36N2O3/c1-6-9-10-15-21(4,25-5)20(24)22-18-11-13-19(14-12-18)26-17-16-23(7-2)8-3/h11-14H,6-10,15-17H2,1-5H3,(H,22,24)/t21-/m1/s1. The van der Waals surface area contributed by atoms with Crippen LogP contribution in [0, 0.1) is 0 Å². The topological polar surface area (TPSA) is 50.8 Å². The van der Waals surface area contributed by atoms with Gasteiger partial charge in [-0.2, -0.15) is 0 Å². The minimum atomic E-state index is -0.798. The summed E-state index contributed by atoms with van der Waals surface area (Å²) >= 11 is 0. The molecule has 26 heavy (non-hydrogen) atoms. The highest BCUT2D eigenvalue weighted by atomic mass is 16.5. The predicted octanol–water partition coefficient (Wildman–Crippen LogP) is 4.33. The molecule has 148 valence electrons. The van der Waals surface area contributed by atoms with E-state index in [4.69, 9.17) is 9.47 Å². The number of ether oxygens (including phenoxy) is 2. The Balaban J connectivity index is 2.53. The molecule has 0 aliphatic heterocycles. The molecule has 0 radical (unpaired) electrons. The molecule has 0 fully saturated rings. The molecule has 1 atom stereocenters. The molecule has 1 aromatic rings. The van der Waals surface area contributed by atoms with Gasteiger partial charge in [0, 0.05) is 19.3 Å². The SMILES string of the molecule is CCCCC[C@@](C)(OC)C(=O)Nc1ccc(OCCN(CC)CC)cc1. The molecule has 5 nitrogen and oxygen atoms in total. The van der Waals surface area contributed by atoms with Gasteiger partial charge < -0.3 is 19.7 Å². The van der Waals surface area contributed by atoms with Crippen LogP contribution in [0.3, 0.4) is 0 Å². The smallest absolute Gasteiger partial charge is 0.256 e. The fraction of sp³-hybridized carbons (Fsp3) is 0.667. The Kier molecular flexibility index (Phi) is 10.3. The number of methoxy groups -OCH3 is 1. The minimum Gasteiger partial charge on any atom is -0.492 e. The van der Waals surface area contributed by atoms with Gasteiger partial charge in [-0.1, -0.05) is 40.0 Å². The molecule has 0 spiro atoms. The van der Waals surface area contributed by atoms with E-state index >= 15 is 0 Å². The van der Waals surface area contributed by atoms with Crippen molar-refractivity contribution in [3.63, 3.8) is 0 Å². The summed E-state index contributed by atoms with van der Waals surface area (Å²) in [5.74, 6) is 0.707. The number of amides is 1. The second-order valence-electron chi connectivity index (χ2n) is 6.75. The Morgan fingerprint density at radius 3 is 2.31 bits per heavy atom. The van der Waals surface area contributed by atoms with E-state index in [-0.39, 0.29) is 5.91 Å². The predicted molar refractivity (Wildman–Crippen MR) is 108 cm³/mol. The summed E-state index contributed by atoms with van der Waals surface area (Å²) in [5.41, 5.74) is -0.0430. The number of nitrogens with one attached hydrogen (secondary N) is 1. The fourth-order valence-corrected chi connectivity index (χ4v) is 2.75. The number of rotatable bonds is 13. The van der Waals surface area contributed by atoms with Crippen LogP contribution in [0.15, 0.2) is 24.3 Å². The van der Waals surface area contributed by atoms with E-state index in [1.807, 2.05) is 31.2 Å². The van der Waals surface area contributed by atoms with Crippen molar-refractivity contribution in [3.05, 3.63) is 24.3 Å². The number of nitrogens with zero attached hydrogens (tertiary/aromatic N) is 1. The molecule has 1 rings (SSSR count). The number of carbonyl (C=O) groups is 1. The second kappa shape index (κ2) is 11.9. The van der Waals surface area contributed by atoms with Crippen LogP contribution in [-0.2, 0) is 9.53 Å².